The third-order valence-electron chi connectivity index (χ3n) is 4.51. The van der Waals surface area contributed by atoms with E-state index in [9.17, 15) is 9.18 Å². The van der Waals surface area contributed by atoms with Crippen LogP contribution in [0.25, 0.3) is 33.7 Å². The summed E-state index contributed by atoms with van der Waals surface area (Å²) in [6, 6.07) is 11.4. The molecule has 0 atom stereocenters. The van der Waals surface area contributed by atoms with Crippen LogP contribution >= 0.6 is 0 Å². The van der Waals surface area contributed by atoms with E-state index in [2.05, 4.69) is 10.1 Å². The summed E-state index contributed by atoms with van der Waals surface area (Å²) in [5, 5.41) is 4.27. The van der Waals surface area contributed by atoms with Crippen LogP contribution in [0.2, 0.25) is 0 Å². The molecule has 0 unspecified atom stereocenters. The van der Waals surface area contributed by atoms with E-state index in [4.69, 9.17) is 9.26 Å². The number of methoxy groups -OCH3 is 1. The lowest BCUT2D eigenvalue weighted by Gasteiger charge is -2.11. The maximum absolute atomic E-state index is 13.7. The van der Waals surface area contributed by atoms with Crippen molar-refractivity contribution in [1.82, 2.24) is 14.7 Å². The molecule has 4 aromatic rings. The molecular weight excluding hydrogens is 361 g/mol. The lowest BCUT2D eigenvalue weighted by atomic mass is 10.1. The molecule has 2 heterocycles. The van der Waals surface area contributed by atoms with Crippen LogP contribution < -0.4 is 10.2 Å². The molecule has 0 aliphatic heterocycles. The minimum atomic E-state index is -0.464. The summed E-state index contributed by atoms with van der Waals surface area (Å²) in [6.45, 7) is 2.70. The van der Waals surface area contributed by atoms with Crippen LogP contribution in [0.4, 0.5) is 4.39 Å². The van der Waals surface area contributed by atoms with Crippen molar-refractivity contribution in [2.45, 2.75) is 19.9 Å². The van der Waals surface area contributed by atoms with Crippen LogP contribution in [0.3, 0.4) is 0 Å². The first-order valence-electron chi connectivity index (χ1n) is 8.92. The average molecular weight is 379 g/mol. The number of rotatable bonds is 5. The second kappa shape index (κ2) is 7.26. The van der Waals surface area contributed by atoms with Crippen molar-refractivity contribution < 1.29 is 13.7 Å². The van der Waals surface area contributed by atoms with Gasteiger partial charge in [0.2, 0.25) is 11.3 Å². The summed E-state index contributed by atoms with van der Waals surface area (Å²) in [5.74, 6) is 0.714. The van der Waals surface area contributed by atoms with Gasteiger partial charge in [0.05, 0.1) is 12.6 Å². The van der Waals surface area contributed by atoms with Crippen molar-refractivity contribution in [3.05, 3.63) is 64.7 Å². The second-order valence-corrected chi connectivity index (χ2v) is 6.38. The topological polar surface area (TPSA) is 70.2 Å². The van der Waals surface area contributed by atoms with Gasteiger partial charge >= 0.3 is 0 Å². The number of aryl methyl sites for hydroxylation is 1. The second-order valence-electron chi connectivity index (χ2n) is 6.38. The fourth-order valence-electron chi connectivity index (χ4n) is 3.14. The van der Waals surface area contributed by atoms with Gasteiger partial charge in [-0.25, -0.2) is 4.39 Å². The quantitative estimate of drug-likeness (QED) is 0.518. The fourth-order valence-corrected chi connectivity index (χ4v) is 3.14. The van der Waals surface area contributed by atoms with Crippen LogP contribution in [0, 0.1) is 5.82 Å². The van der Waals surface area contributed by atoms with Gasteiger partial charge in [-0.15, -0.1) is 0 Å². The highest BCUT2D eigenvalue weighted by Crippen LogP contribution is 2.24. The van der Waals surface area contributed by atoms with Crippen molar-refractivity contribution in [3.8, 4) is 28.6 Å². The normalized spacial score (nSPS) is 11.1. The first-order valence-corrected chi connectivity index (χ1v) is 8.92. The van der Waals surface area contributed by atoms with Crippen LogP contribution in [-0.2, 0) is 6.54 Å². The van der Waals surface area contributed by atoms with Crippen molar-refractivity contribution in [2.75, 3.05) is 7.11 Å². The molecular formula is C21H18FN3O3. The average Bonchev–Trinajstić information content (AvgIpc) is 3.20. The van der Waals surface area contributed by atoms with Crippen LogP contribution in [-0.4, -0.2) is 21.8 Å². The van der Waals surface area contributed by atoms with E-state index in [1.165, 1.54) is 12.1 Å². The Kier molecular flexibility index (Phi) is 4.65. The number of hydrogen-bond donors (Lipinski definition) is 0. The first-order chi connectivity index (χ1) is 13.6. The predicted molar refractivity (Wildman–Crippen MR) is 104 cm³/mol. The van der Waals surface area contributed by atoms with E-state index in [0.29, 0.717) is 23.6 Å². The van der Waals surface area contributed by atoms with E-state index in [1.54, 1.807) is 43.6 Å². The molecule has 0 aliphatic carbocycles. The van der Waals surface area contributed by atoms with Crippen molar-refractivity contribution in [2.24, 2.45) is 0 Å². The zero-order valence-electron chi connectivity index (χ0n) is 15.5. The zero-order chi connectivity index (χ0) is 19.7. The maximum atomic E-state index is 13.7. The molecule has 2 aromatic heterocycles. The predicted octanol–water partition coefficient (Wildman–Crippen LogP) is 4.28. The van der Waals surface area contributed by atoms with Gasteiger partial charge in [-0.3, -0.25) is 4.79 Å². The molecule has 0 fully saturated rings. The van der Waals surface area contributed by atoms with Gasteiger partial charge in [-0.1, -0.05) is 12.1 Å². The summed E-state index contributed by atoms with van der Waals surface area (Å²) < 4.78 is 26.1. The molecule has 0 saturated carbocycles. The Labute approximate surface area is 160 Å². The lowest BCUT2D eigenvalue weighted by molar-refractivity contribution is 0.414. The molecule has 0 spiro atoms. The van der Waals surface area contributed by atoms with E-state index in [0.717, 1.165) is 12.0 Å². The number of aromatic nitrogens is 3. The molecule has 0 saturated heterocycles. The highest BCUT2D eigenvalue weighted by atomic mass is 19.1. The van der Waals surface area contributed by atoms with Crippen molar-refractivity contribution in [1.29, 1.82) is 0 Å². The van der Waals surface area contributed by atoms with Crippen molar-refractivity contribution >= 4 is 10.9 Å². The molecule has 0 radical (unpaired) electrons. The number of fused-ring (bicyclic) bond motifs is 1. The molecule has 6 nitrogen and oxygen atoms in total. The third-order valence-corrected chi connectivity index (χ3v) is 4.51. The van der Waals surface area contributed by atoms with Gasteiger partial charge in [0.15, 0.2) is 0 Å². The van der Waals surface area contributed by atoms with Gasteiger partial charge in [0.1, 0.15) is 17.1 Å². The third kappa shape index (κ3) is 3.15. The molecule has 7 heteroatoms. The Bertz CT molecular complexity index is 1200. The molecule has 0 N–H and O–H groups in total. The van der Waals surface area contributed by atoms with Gasteiger partial charge in [0.25, 0.3) is 5.89 Å². The number of benzene rings is 2. The fraction of sp³-hybridized carbons (Fsp3) is 0.190. The summed E-state index contributed by atoms with van der Waals surface area (Å²) in [7, 11) is 1.59. The monoisotopic (exact) mass is 379 g/mol. The van der Waals surface area contributed by atoms with Crippen LogP contribution in [0.15, 0.2) is 58.0 Å². The molecule has 0 aliphatic rings. The smallest absolute Gasteiger partial charge is 0.263 e. The largest absolute Gasteiger partial charge is 0.497 e. The Balaban J connectivity index is 1.83. The van der Waals surface area contributed by atoms with Crippen molar-refractivity contribution in [3.63, 3.8) is 0 Å². The minimum absolute atomic E-state index is 0.104. The van der Waals surface area contributed by atoms with Crippen LogP contribution in [0.5, 0.6) is 5.75 Å². The van der Waals surface area contributed by atoms with E-state index >= 15 is 0 Å². The first kappa shape index (κ1) is 17.9. The van der Waals surface area contributed by atoms with Crippen LogP contribution in [0.1, 0.15) is 13.3 Å². The Morgan fingerprint density at radius 2 is 1.96 bits per heavy atom. The summed E-state index contributed by atoms with van der Waals surface area (Å²) in [6.07, 6.45) is 2.55. The molecule has 4 rings (SSSR count). The van der Waals surface area contributed by atoms with E-state index < -0.39 is 5.82 Å². The van der Waals surface area contributed by atoms with Gasteiger partial charge in [-0.05, 0) is 48.9 Å². The van der Waals surface area contributed by atoms with E-state index in [-0.39, 0.29) is 22.3 Å². The number of halogens is 1. The lowest BCUT2D eigenvalue weighted by Crippen LogP contribution is -2.12. The summed E-state index contributed by atoms with van der Waals surface area (Å²) >= 11 is 0. The molecule has 0 bridgehead atoms. The number of pyridine rings is 1. The molecule has 0 amide bonds. The minimum Gasteiger partial charge on any atom is -0.497 e. The molecule has 28 heavy (non-hydrogen) atoms. The highest BCUT2D eigenvalue weighted by Gasteiger charge is 2.17. The molecule has 2 aromatic carbocycles. The maximum Gasteiger partial charge on any atom is 0.263 e. The van der Waals surface area contributed by atoms with Gasteiger partial charge < -0.3 is 13.8 Å². The summed E-state index contributed by atoms with van der Waals surface area (Å²) in [4.78, 5) is 17.3. The Morgan fingerprint density at radius 1 is 1.18 bits per heavy atom. The zero-order valence-corrected chi connectivity index (χ0v) is 15.5. The highest BCUT2D eigenvalue weighted by molar-refractivity contribution is 5.83. The SMILES string of the molecule is CCCn1cc(-c2nc(-c3ccc(OC)cc3)no2)c(=O)c2cc(F)ccc21. The summed E-state index contributed by atoms with van der Waals surface area (Å²) in [5.41, 5.74) is 1.31. The number of ether oxygens (including phenoxy) is 1. The van der Waals surface area contributed by atoms with Gasteiger partial charge in [0, 0.05) is 23.7 Å². The molecule has 142 valence electrons. The van der Waals surface area contributed by atoms with Gasteiger partial charge in [-0.2, -0.15) is 4.98 Å². The number of hydrogen-bond acceptors (Lipinski definition) is 5. The number of nitrogens with zero attached hydrogens (tertiary/aromatic N) is 3. The Morgan fingerprint density at radius 3 is 2.68 bits per heavy atom. The Hall–Kier alpha value is -3.48. The van der Waals surface area contributed by atoms with E-state index in [1.807, 2.05) is 11.5 Å². The standard InChI is InChI=1S/C21H18FN3O3/c1-3-10-25-12-17(19(26)16-11-14(22)6-9-18(16)25)21-23-20(24-28-21)13-4-7-15(27-2)8-5-13/h4-9,11-12H,3,10H2,1-2H3.